The van der Waals surface area contributed by atoms with E-state index in [1.807, 2.05) is 14.0 Å². The Balaban J connectivity index is 2.71. The molecular weight excluding hydrogens is 216 g/mol. The molecule has 1 unspecified atom stereocenters. The maximum atomic E-state index is 8.85. The largest absolute Gasteiger partial charge is 0.496 e. The predicted molar refractivity (Wildman–Crippen MR) is 65.9 cm³/mol. The molecule has 0 spiro atoms. The van der Waals surface area contributed by atoms with Crippen LogP contribution in [0.15, 0.2) is 18.2 Å². The molecule has 0 aliphatic carbocycles. The summed E-state index contributed by atoms with van der Waals surface area (Å²) in [4.78, 5) is 0. The van der Waals surface area contributed by atoms with Gasteiger partial charge in [-0.05, 0) is 32.2 Å². The van der Waals surface area contributed by atoms with E-state index in [1.54, 1.807) is 25.3 Å². The summed E-state index contributed by atoms with van der Waals surface area (Å²) in [6.45, 7) is 3.24. The molecule has 4 heteroatoms. The Morgan fingerprint density at radius 3 is 2.82 bits per heavy atom. The standard InChI is InChI=1S/C13H18N2O2/c1-10(8-15-2)17-9-12-6-11(7-14)4-5-13(12)16-3/h4-6,10,15H,8-9H2,1-3H3. The van der Waals surface area contributed by atoms with Gasteiger partial charge >= 0.3 is 0 Å². The minimum absolute atomic E-state index is 0.121. The van der Waals surface area contributed by atoms with Crippen molar-refractivity contribution in [1.29, 1.82) is 5.26 Å². The van der Waals surface area contributed by atoms with Crippen molar-refractivity contribution in [2.24, 2.45) is 0 Å². The van der Waals surface area contributed by atoms with E-state index in [2.05, 4.69) is 11.4 Å². The molecule has 0 aliphatic heterocycles. The second-order valence-corrected chi connectivity index (χ2v) is 3.82. The zero-order valence-electron chi connectivity index (χ0n) is 10.5. The maximum absolute atomic E-state index is 8.85. The van der Waals surface area contributed by atoms with E-state index in [1.165, 1.54) is 0 Å². The van der Waals surface area contributed by atoms with E-state index >= 15 is 0 Å². The fraction of sp³-hybridized carbons (Fsp3) is 0.462. The summed E-state index contributed by atoms with van der Waals surface area (Å²) < 4.78 is 10.9. The van der Waals surface area contributed by atoms with Gasteiger partial charge in [0.1, 0.15) is 5.75 Å². The molecule has 1 atom stereocenters. The van der Waals surface area contributed by atoms with Crippen LogP contribution in [0.4, 0.5) is 0 Å². The fourth-order valence-electron chi connectivity index (χ4n) is 1.54. The van der Waals surface area contributed by atoms with Crippen molar-refractivity contribution >= 4 is 0 Å². The molecule has 0 saturated heterocycles. The van der Waals surface area contributed by atoms with Crippen LogP contribution in [-0.4, -0.2) is 26.8 Å². The number of nitriles is 1. The van der Waals surface area contributed by atoms with Crippen LogP contribution in [0, 0.1) is 11.3 Å². The third-order valence-corrected chi connectivity index (χ3v) is 2.42. The molecule has 1 aromatic carbocycles. The van der Waals surface area contributed by atoms with Gasteiger partial charge in [0.05, 0.1) is 31.5 Å². The topological polar surface area (TPSA) is 54.3 Å². The Hall–Kier alpha value is -1.57. The van der Waals surface area contributed by atoms with Crippen LogP contribution in [-0.2, 0) is 11.3 Å². The van der Waals surface area contributed by atoms with E-state index in [0.29, 0.717) is 12.2 Å². The Morgan fingerprint density at radius 2 is 2.24 bits per heavy atom. The van der Waals surface area contributed by atoms with Crippen molar-refractivity contribution in [2.45, 2.75) is 19.6 Å². The number of methoxy groups -OCH3 is 1. The first-order chi connectivity index (χ1) is 8.21. The Kier molecular flexibility index (Phi) is 5.47. The quantitative estimate of drug-likeness (QED) is 0.813. The van der Waals surface area contributed by atoms with E-state index < -0.39 is 0 Å². The number of nitrogens with zero attached hydrogens (tertiary/aromatic N) is 1. The summed E-state index contributed by atoms with van der Waals surface area (Å²) in [7, 11) is 3.50. The summed E-state index contributed by atoms with van der Waals surface area (Å²) in [5.74, 6) is 0.751. The molecule has 1 aromatic rings. The summed E-state index contributed by atoms with van der Waals surface area (Å²) in [6.07, 6.45) is 0.121. The molecule has 92 valence electrons. The molecule has 1 rings (SSSR count). The van der Waals surface area contributed by atoms with Crippen LogP contribution < -0.4 is 10.1 Å². The van der Waals surface area contributed by atoms with Gasteiger partial charge in [0.2, 0.25) is 0 Å². The zero-order chi connectivity index (χ0) is 12.7. The third kappa shape index (κ3) is 4.06. The molecular formula is C13H18N2O2. The molecule has 0 amide bonds. The van der Waals surface area contributed by atoms with E-state index in [4.69, 9.17) is 14.7 Å². The van der Waals surface area contributed by atoms with Gasteiger partial charge < -0.3 is 14.8 Å². The number of hydrogen-bond donors (Lipinski definition) is 1. The molecule has 1 N–H and O–H groups in total. The molecule has 0 saturated carbocycles. The van der Waals surface area contributed by atoms with Gasteiger partial charge in [-0.2, -0.15) is 5.26 Å². The SMILES string of the molecule is CNCC(C)OCc1cc(C#N)ccc1OC. The lowest BCUT2D eigenvalue weighted by atomic mass is 10.1. The van der Waals surface area contributed by atoms with E-state index in [0.717, 1.165) is 17.9 Å². The highest BCUT2D eigenvalue weighted by atomic mass is 16.5. The highest BCUT2D eigenvalue weighted by Crippen LogP contribution is 2.20. The molecule has 0 heterocycles. The third-order valence-electron chi connectivity index (χ3n) is 2.42. The second-order valence-electron chi connectivity index (χ2n) is 3.82. The molecule has 0 aromatic heterocycles. The van der Waals surface area contributed by atoms with Crippen molar-refractivity contribution in [3.05, 3.63) is 29.3 Å². The molecule has 0 fully saturated rings. The van der Waals surface area contributed by atoms with Crippen molar-refractivity contribution in [3.63, 3.8) is 0 Å². The minimum atomic E-state index is 0.121. The number of benzene rings is 1. The minimum Gasteiger partial charge on any atom is -0.496 e. The average molecular weight is 234 g/mol. The molecule has 0 radical (unpaired) electrons. The van der Waals surface area contributed by atoms with E-state index in [-0.39, 0.29) is 6.10 Å². The first-order valence-electron chi connectivity index (χ1n) is 5.54. The van der Waals surface area contributed by atoms with Gasteiger partial charge in [0.25, 0.3) is 0 Å². The monoisotopic (exact) mass is 234 g/mol. The lowest BCUT2D eigenvalue weighted by Gasteiger charge is -2.14. The molecule has 0 bridgehead atoms. The summed E-state index contributed by atoms with van der Waals surface area (Å²) in [6, 6.07) is 7.43. The smallest absolute Gasteiger partial charge is 0.124 e. The van der Waals surface area contributed by atoms with Crippen molar-refractivity contribution in [3.8, 4) is 11.8 Å². The van der Waals surface area contributed by atoms with Gasteiger partial charge in [-0.3, -0.25) is 0 Å². The number of ether oxygens (including phenoxy) is 2. The summed E-state index contributed by atoms with van der Waals surface area (Å²) >= 11 is 0. The number of hydrogen-bond acceptors (Lipinski definition) is 4. The van der Waals surface area contributed by atoms with Gasteiger partial charge in [-0.25, -0.2) is 0 Å². The number of rotatable bonds is 6. The van der Waals surface area contributed by atoms with Crippen molar-refractivity contribution < 1.29 is 9.47 Å². The zero-order valence-corrected chi connectivity index (χ0v) is 10.5. The number of likely N-dealkylation sites (N-methyl/N-ethyl adjacent to an activating group) is 1. The van der Waals surface area contributed by atoms with Gasteiger partial charge in [0, 0.05) is 12.1 Å². The van der Waals surface area contributed by atoms with Crippen LogP contribution in [0.2, 0.25) is 0 Å². The predicted octanol–water partition coefficient (Wildman–Crippen LogP) is 1.69. The molecule has 0 aliphatic rings. The summed E-state index contributed by atoms with van der Waals surface area (Å²) in [5.41, 5.74) is 1.51. The van der Waals surface area contributed by atoms with Gasteiger partial charge in [-0.15, -0.1) is 0 Å². The van der Waals surface area contributed by atoms with E-state index in [9.17, 15) is 0 Å². The molecule has 4 nitrogen and oxygen atoms in total. The normalized spacial score (nSPS) is 11.9. The van der Waals surface area contributed by atoms with Crippen LogP contribution in [0.25, 0.3) is 0 Å². The number of nitrogens with one attached hydrogen (secondary N) is 1. The van der Waals surface area contributed by atoms with Crippen LogP contribution in [0.1, 0.15) is 18.1 Å². The maximum Gasteiger partial charge on any atom is 0.124 e. The lowest BCUT2D eigenvalue weighted by Crippen LogP contribution is -2.23. The Morgan fingerprint density at radius 1 is 1.47 bits per heavy atom. The highest BCUT2D eigenvalue weighted by Gasteiger charge is 2.07. The van der Waals surface area contributed by atoms with Gasteiger partial charge in [-0.1, -0.05) is 0 Å². The van der Waals surface area contributed by atoms with Crippen molar-refractivity contribution in [2.75, 3.05) is 20.7 Å². The Labute approximate surface area is 102 Å². The van der Waals surface area contributed by atoms with Crippen LogP contribution >= 0.6 is 0 Å². The average Bonchev–Trinajstić information content (AvgIpc) is 2.36. The summed E-state index contributed by atoms with van der Waals surface area (Å²) in [5, 5.41) is 11.9. The first kappa shape index (κ1) is 13.5. The lowest BCUT2D eigenvalue weighted by molar-refractivity contribution is 0.0533. The fourth-order valence-corrected chi connectivity index (χ4v) is 1.54. The van der Waals surface area contributed by atoms with Crippen LogP contribution in [0.3, 0.4) is 0 Å². The van der Waals surface area contributed by atoms with Crippen molar-refractivity contribution in [1.82, 2.24) is 5.32 Å². The molecule has 17 heavy (non-hydrogen) atoms. The van der Waals surface area contributed by atoms with Gasteiger partial charge in [0.15, 0.2) is 0 Å². The second kappa shape index (κ2) is 6.89. The Bertz CT molecular complexity index is 399. The van der Waals surface area contributed by atoms with Crippen LogP contribution in [0.5, 0.6) is 5.75 Å². The first-order valence-corrected chi connectivity index (χ1v) is 5.54. The highest BCUT2D eigenvalue weighted by molar-refractivity contribution is 5.41.